The van der Waals surface area contributed by atoms with Gasteiger partial charge >= 0.3 is 0 Å². The fourth-order valence-corrected chi connectivity index (χ4v) is 2.37. The molecule has 3 atom stereocenters. The molecule has 0 aromatic heterocycles. The van der Waals surface area contributed by atoms with Crippen LogP contribution >= 0.6 is 15.9 Å². The molecule has 0 N–H and O–H groups in total. The Labute approximate surface area is 103 Å². The number of Topliss-reactive ketones (excluding diaryl/α,β-unsaturated/α-hetero) is 1. The fraction of sp³-hybridized carbons (Fsp3) is 0.727. The zero-order chi connectivity index (χ0) is 11.9. The van der Waals surface area contributed by atoms with Gasteiger partial charge in [0.25, 0.3) is 0 Å². The maximum absolute atomic E-state index is 11.6. The summed E-state index contributed by atoms with van der Waals surface area (Å²) in [4.78, 5) is 22.2. The number of hydrogen-bond acceptors (Lipinski definition) is 4. The Morgan fingerprint density at radius 3 is 2.88 bits per heavy atom. The van der Waals surface area contributed by atoms with Crippen molar-refractivity contribution in [3.8, 4) is 0 Å². The van der Waals surface area contributed by atoms with Gasteiger partial charge in [-0.2, -0.15) is 0 Å². The molecule has 5 heteroatoms. The predicted molar refractivity (Wildman–Crippen MR) is 60.7 cm³/mol. The van der Waals surface area contributed by atoms with Crippen LogP contribution in [0.1, 0.15) is 27.2 Å². The molecule has 0 radical (unpaired) electrons. The van der Waals surface area contributed by atoms with E-state index in [2.05, 4.69) is 15.9 Å². The Balaban J connectivity index is 2.19. The second-order valence-electron chi connectivity index (χ2n) is 4.72. The molecule has 4 nitrogen and oxygen atoms in total. The largest absolute Gasteiger partial charge is 0.342 e. The van der Waals surface area contributed by atoms with Crippen LogP contribution in [0.15, 0.2) is 10.6 Å². The molecule has 2 rings (SSSR count). The lowest BCUT2D eigenvalue weighted by Crippen LogP contribution is -2.53. The van der Waals surface area contributed by atoms with Crippen LogP contribution in [0.3, 0.4) is 0 Å². The monoisotopic (exact) mass is 290 g/mol. The quantitative estimate of drug-likeness (QED) is 0.696. The highest BCUT2D eigenvalue weighted by atomic mass is 79.9. The Kier molecular flexibility index (Phi) is 3.22. The van der Waals surface area contributed by atoms with Gasteiger partial charge in [0.1, 0.15) is 11.7 Å². The first-order valence-electron chi connectivity index (χ1n) is 5.34. The lowest BCUT2D eigenvalue weighted by Gasteiger charge is -2.43. The molecule has 16 heavy (non-hydrogen) atoms. The van der Waals surface area contributed by atoms with Crippen molar-refractivity contribution in [3.63, 3.8) is 0 Å². The molecule has 0 amide bonds. The normalized spacial score (nSPS) is 39.6. The fourth-order valence-electron chi connectivity index (χ4n) is 1.76. The van der Waals surface area contributed by atoms with Crippen molar-refractivity contribution in [1.82, 2.24) is 0 Å². The zero-order valence-electron chi connectivity index (χ0n) is 9.53. The maximum atomic E-state index is 11.6. The van der Waals surface area contributed by atoms with E-state index in [1.165, 1.54) is 0 Å². The molecule has 90 valence electrons. The summed E-state index contributed by atoms with van der Waals surface area (Å²) in [6.07, 6.45) is 1.35. The molecule has 1 saturated heterocycles. The van der Waals surface area contributed by atoms with E-state index >= 15 is 0 Å². The van der Waals surface area contributed by atoms with Crippen LogP contribution in [0.2, 0.25) is 0 Å². The highest BCUT2D eigenvalue weighted by molar-refractivity contribution is 9.12. The minimum Gasteiger partial charge on any atom is -0.342 e. The number of rotatable bonds is 1. The summed E-state index contributed by atoms with van der Waals surface area (Å²) in [6.45, 7) is 5.81. The number of carbonyl (C=O) groups excluding carboxylic acids is 1. The van der Waals surface area contributed by atoms with E-state index in [4.69, 9.17) is 14.5 Å². The van der Waals surface area contributed by atoms with E-state index < -0.39 is 11.9 Å². The van der Waals surface area contributed by atoms with Gasteiger partial charge in [-0.25, -0.2) is 9.78 Å². The molecule has 0 unspecified atom stereocenters. The average Bonchev–Trinajstić information content (AvgIpc) is 2.19. The van der Waals surface area contributed by atoms with Crippen LogP contribution in [0.5, 0.6) is 0 Å². The molecule has 2 aliphatic rings. The predicted octanol–water partition coefficient (Wildman–Crippen LogP) is 2.33. The maximum Gasteiger partial charge on any atom is 0.193 e. The van der Waals surface area contributed by atoms with Gasteiger partial charge in [0.2, 0.25) is 0 Å². The smallest absolute Gasteiger partial charge is 0.193 e. The molecular weight excluding hydrogens is 276 g/mol. The summed E-state index contributed by atoms with van der Waals surface area (Å²) < 4.78 is 6.27. The second kappa shape index (κ2) is 4.22. The van der Waals surface area contributed by atoms with Gasteiger partial charge in [-0.15, -0.1) is 0 Å². The molecule has 0 saturated carbocycles. The van der Waals surface area contributed by atoms with Crippen LogP contribution in [0.4, 0.5) is 0 Å². The van der Waals surface area contributed by atoms with Gasteiger partial charge in [-0.3, -0.25) is 4.79 Å². The van der Waals surface area contributed by atoms with E-state index in [0.717, 1.165) is 0 Å². The third kappa shape index (κ3) is 2.09. The lowest BCUT2D eigenvalue weighted by molar-refractivity contribution is -0.482. The summed E-state index contributed by atoms with van der Waals surface area (Å²) in [5, 5.41) is 0. The van der Waals surface area contributed by atoms with Crippen molar-refractivity contribution in [2.24, 2.45) is 5.92 Å². The second-order valence-corrected chi connectivity index (χ2v) is 5.57. The molecule has 0 bridgehead atoms. The number of ether oxygens (including phenoxy) is 1. The molecule has 0 aromatic carbocycles. The highest BCUT2D eigenvalue weighted by Crippen LogP contribution is 2.37. The topological polar surface area (TPSA) is 44.8 Å². The average molecular weight is 291 g/mol. The third-order valence-corrected chi connectivity index (χ3v) is 3.53. The summed E-state index contributed by atoms with van der Waals surface area (Å²) in [7, 11) is 0. The van der Waals surface area contributed by atoms with E-state index in [9.17, 15) is 4.79 Å². The first kappa shape index (κ1) is 12.2. The molecule has 1 aliphatic heterocycles. The molecule has 0 aromatic rings. The van der Waals surface area contributed by atoms with E-state index in [1.54, 1.807) is 6.08 Å². The minimum absolute atomic E-state index is 0.0375. The molecular formula is C11H15BrO4. The lowest BCUT2D eigenvalue weighted by atomic mass is 9.88. The van der Waals surface area contributed by atoms with Crippen molar-refractivity contribution < 1.29 is 19.3 Å². The van der Waals surface area contributed by atoms with Gasteiger partial charge < -0.3 is 4.74 Å². The summed E-state index contributed by atoms with van der Waals surface area (Å²) in [5.74, 6) is 0.226. The summed E-state index contributed by atoms with van der Waals surface area (Å²) >= 11 is 3.22. The number of ketones is 1. The van der Waals surface area contributed by atoms with Gasteiger partial charge in [-0.05, 0) is 28.9 Å². The Morgan fingerprint density at radius 2 is 2.25 bits per heavy atom. The van der Waals surface area contributed by atoms with Crippen LogP contribution in [0.25, 0.3) is 0 Å². The number of fused-ring (bicyclic) bond motifs is 1. The van der Waals surface area contributed by atoms with Crippen LogP contribution in [-0.2, 0) is 19.3 Å². The van der Waals surface area contributed by atoms with Crippen molar-refractivity contribution in [2.75, 3.05) is 0 Å². The number of allylic oxidation sites excluding steroid dienone is 1. The molecule has 0 spiro atoms. The minimum atomic E-state index is -0.682. The van der Waals surface area contributed by atoms with E-state index in [1.807, 2.05) is 20.8 Å². The number of carbonyl (C=O) groups is 1. The standard InChI is InChI=1S/C11H15BrO4/c1-6(2)10-14-9-4-8(13)7(12)5-11(9,3)16-15-10/h5-6,9-10H,4H2,1-3H3/t9-,10-,11+/m0/s1. The first-order valence-corrected chi connectivity index (χ1v) is 6.13. The Bertz CT molecular complexity index is 339. The summed E-state index contributed by atoms with van der Waals surface area (Å²) in [5.41, 5.74) is -0.682. The number of hydrogen-bond donors (Lipinski definition) is 0. The Morgan fingerprint density at radius 1 is 1.56 bits per heavy atom. The zero-order valence-corrected chi connectivity index (χ0v) is 11.1. The number of halogens is 1. The third-order valence-electron chi connectivity index (χ3n) is 2.86. The van der Waals surface area contributed by atoms with Crippen molar-refractivity contribution in [1.29, 1.82) is 0 Å². The van der Waals surface area contributed by atoms with Gasteiger partial charge in [-0.1, -0.05) is 13.8 Å². The summed E-state index contributed by atoms with van der Waals surface area (Å²) in [6, 6.07) is 0. The molecule has 1 heterocycles. The van der Waals surface area contributed by atoms with E-state index in [-0.39, 0.29) is 17.8 Å². The van der Waals surface area contributed by atoms with Crippen molar-refractivity contribution >= 4 is 21.7 Å². The van der Waals surface area contributed by atoms with Crippen molar-refractivity contribution in [2.45, 2.75) is 45.2 Å². The molecule has 1 aliphatic carbocycles. The SMILES string of the molecule is CC(C)[C@@H]1OO[C@]2(C)C=C(Br)C(=O)C[C@@H]2O1. The Hall–Kier alpha value is -0.230. The van der Waals surface area contributed by atoms with Gasteiger partial charge in [0, 0.05) is 12.3 Å². The highest BCUT2D eigenvalue weighted by Gasteiger charge is 2.47. The van der Waals surface area contributed by atoms with E-state index in [0.29, 0.717) is 10.9 Å². The van der Waals surface area contributed by atoms with Crippen molar-refractivity contribution in [3.05, 3.63) is 10.6 Å². The van der Waals surface area contributed by atoms with Crippen LogP contribution < -0.4 is 0 Å². The van der Waals surface area contributed by atoms with Crippen LogP contribution in [0, 0.1) is 5.92 Å². The molecule has 1 fully saturated rings. The first-order chi connectivity index (χ1) is 7.42. The van der Waals surface area contributed by atoms with Gasteiger partial charge in [0.15, 0.2) is 12.1 Å². The van der Waals surface area contributed by atoms with Crippen LogP contribution in [-0.4, -0.2) is 23.8 Å². The van der Waals surface area contributed by atoms with Gasteiger partial charge in [0.05, 0.1) is 4.48 Å².